The lowest BCUT2D eigenvalue weighted by atomic mass is 9.72. The molecular formula is C23H35N3O4S. The second kappa shape index (κ2) is 10.2. The van der Waals surface area contributed by atoms with Gasteiger partial charge in [-0.2, -0.15) is 0 Å². The topological polar surface area (TPSA) is 73.7 Å². The van der Waals surface area contributed by atoms with Crippen LogP contribution in [0.2, 0.25) is 0 Å². The Morgan fingerprint density at radius 1 is 1.26 bits per heavy atom. The van der Waals surface area contributed by atoms with Crippen molar-refractivity contribution in [2.75, 3.05) is 40.5 Å². The van der Waals surface area contributed by atoms with E-state index in [1.54, 1.807) is 41.4 Å². The van der Waals surface area contributed by atoms with Gasteiger partial charge in [0.2, 0.25) is 5.91 Å². The van der Waals surface area contributed by atoms with Crippen LogP contribution in [0.25, 0.3) is 10.2 Å². The summed E-state index contributed by atoms with van der Waals surface area (Å²) < 4.78 is 11.8. The first-order valence-electron chi connectivity index (χ1n) is 11.0. The fraction of sp³-hybridized carbons (Fsp3) is 0.696. The molecule has 1 aliphatic carbocycles. The zero-order chi connectivity index (χ0) is 22.6. The normalized spacial score (nSPS) is 16.5. The molecule has 0 saturated heterocycles. The van der Waals surface area contributed by atoms with Crippen LogP contribution in [-0.2, 0) is 33.7 Å². The van der Waals surface area contributed by atoms with E-state index in [-0.39, 0.29) is 23.3 Å². The van der Waals surface area contributed by atoms with E-state index in [0.29, 0.717) is 38.8 Å². The highest BCUT2D eigenvalue weighted by atomic mass is 32.1. The smallest absolute Gasteiger partial charge is 0.262 e. The molecule has 8 heteroatoms. The molecule has 0 saturated carbocycles. The quantitative estimate of drug-likeness (QED) is 0.588. The Morgan fingerprint density at radius 2 is 1.94 bits per heavy atom. The SMILES string of the molecule is COCCN(CCOC)C(=O)CCn1cnc2sc3c(c2c1=O)CCC(C(C)(C)C)C3. The molecule has 31 heavy (non-hydrogen) atoms. The first-order valence-corrected chi connectivity index (χ1v) is 11.8. The van der Waals surface area contributed by atoms with Gasteiger partial charge in [-0.1, -0.05) is 20.8 Å². The summed E-state index contributed by atoms with van der Waals surface area (Å²) in [6.45, 7) is 9.17. The number of aromatic nitrogens is 2. The molecule has 3 rings (SSSR count). The van der Waals surface area contributed by atoms with Crippen LogP contribution >= 0.6 is 11.3 Å². The van der Waals surface area contributed by atoms with Crippen molar-refractivity contribution in [3.05, 3.63) is 27.1 Å². The van der Waals surface area contributed by atoms with Gasteiger partial charge in [0.1, 0.15) is 4.83 Å². The summed E-state index contributed by atoms with van der Waals surface area (Å²) in [6, 6.07) is 0. The van der Waals surface area contributed by atoms with Gasteiger partial charge in [-0.3, -0.25) is 14.2 Å². The van der Waals surface area contributed by atoms with E-state index in [0.717, 1.165) is 29.5 Å². The number of hydrogen-bond donors (Lipinski definition) is 0. The van der Waals surface area contributed by atoms with Crippen LogP contribution in [0.5, 0.6) is 0 Å². The number of carbonyl (C=O) groups is 1. The molecule has 7 nitrogen and oxygen atoms in total. The van der Waals surface area contributed by atoms with Crippen LogP contribution < -0.4 is 5.56 Å². The number of thiophene rings is 1. The van der Waals surface area contributed by atoms with E-state index >= 15 is 0 Å². The fourth-order valence-electron chi connectivity index (χ4n) is 4.24. The molecule has 1 aliphatic rings. The van der Waals surface area contributed by atoms with Crippen molar-refractivity contribution in [1.29, 1.82) is 0 Å². The van der Waals surface area contributed by atoms with E-state index in [2.05, 4.69) is 25.8 Å². The lowest BCUT2D eigenvalue weighted by Crippen LogP contribution is -2.37. The van der Waals surface area contributed by atoms with Crippen LogP contribution in [0.15, 0.2) is 11.1 Å². The molecule has 0 radical (unpaired) electrons. The van der Waals surface area contributed by atoms with Crippen molar-refractivity contribution in [1.82, 2.24) is 14.5 Å². The molecule has 2 aromatic heterocycles. The summed E-state index contributed by atoms with van der Waals surface area (Å²) in [7, 11) is 3.23. The Bertz CT molecular complexity index is 952. The maximum absolute atomic E-state index is 13.2. The molecule has 1 atom stereocenters. The minimum atomic E-state index is -0.0233. The van der Waals surface area contributed by atoms with E-state index in [4.69, 9.17) is 9.47 Å². The number of hydrogen-bond acceptors (Lipinski definition) is 6. The highest BCUT2D eigenvalue weighted by Crippen LogP contribution is 2.41. The Hall–Kier alpha value is -1.77. The van der Waals surface area contributed by atoms with Crippen molar-refractivity contribution >= 4 is 27.5 Å². The average molecular weight is 450 g/mol. The molecule has 172 valence electrons. The minimum Gasteiger partial charge on any atom is -0.383 e. The van der Waals surface area contributed by atoms with Gasteiger partial charge in [-0.25, -0.2) is 4.98 Å². The summed E-state index contributed by atoms with van der Waals surface area (Å²) >= 11 is 1.66. The summed E-state index contributed by atoms with van der Waals surface area (Å²) in [4.78, 5) is 34.4. The number of fused-ring (bicyclic) bond motifs is 3. The summed E-state index contributed by atoms with van der Waals surface area (Å²) in [5.41, 5.74) is 1.42. The van der Waals surface area contributed by atoms with E-state index in [1.807, 2.05) is 0 Å². The van der Waals surface area contributed by atoms with Gasteiger partial charge < -0.3 is 14.4 Å². The van der Waals surface area contributed by atoms with Gasteiger partial charge in [0.25, 0.3) is 5.56 Å². The van der Waals surface area contributed by atoms with E-state index < -0.39 is 0 Å². The molecule has 0 N–H and O–H groups in total. The molecule has 0 bridgehead atoms. The molecule has 1 amide bonds. The third-order valence-electron chi connectivity index (χ3n) is 6.31. The Kier molecular flexibility index (Phi) is 7.88. The lowest BCUT2D eigenvalue weighted by Gasteiger charge is -2.33. The largest absolute Gasteiger partial charge is 0.383 e. The molecular weight excluding hydrogens is 414 g/mol. The molecule has 2 heterocycles. The number of carbonyl (C=O) groups excluding carboxylic acids is 1. The van der Waals surface area contributed by atoms with Crippen LogP contribution in [0, 0.1) is 11.3 Å². The van der Waals surface area contributed by atoms with E-state index in [1.165, 1.54) is 10.4 Å². The van der Waals surface area contributed by atoms with Crippen molar-refractivity contribution < 1.29 is 14.3 Å². The maximum Gasteiger partial charge on any atom is 0.262 e. The first-order chi connectivity index (χ1) is 14.8. The highest BCUT2D eigenvalue weighted by molar-refractivity contribution is 7.18. The minimum absolute atomic E-state index is 0.0125. The number of aryl methyl sites for hydroxylation is 2. The summed E-state index contributed by atoms with van der Waals surface area (Å²) in [5, 5.41) is 0.762. The fourth-order valence-corrected chi connectivity index (χ4v) is 5.50. The summed E-state index contributed by atoms with van der Waals surface area (Å²) in [6.07, 6.45) is 4.89. The van der Waals surface area contributed by atoms with Crippen molar-refractivity contribution in [3.63, 3.8) is 0 Å². The van der Waals surface area contributed by atoms with Gasteiger partial charge in [0.05, 0.1) is 24.9 Å². The molecule has 1 unspecified atom stereocenters. The zero-order valence-corrected chi connectivity index (χ0v) is 20.2. The highest BCUT2D eigenvalue weighted by Gasteiger charge is 2.31. The van der Waals surface area contributed by atoms with Gasteiger partial charge in [-0.05, 0) is 36.2 Å². The van der Waals surface area contributed by atoms with Crippen molar-refractivity contribution in [2.24, 2.45) is 11.3 Å². The van der Waals surface area contributed by atoms with Gasteiger partial charge >= 0.3 is 0 Å². The maximum atomic E-state index is 13.2. The first kappa shape index (κ1) is 23.9. The second-order valence-electron chi connectivity index (χ2n) is 9.35. The number of methoxy groups -OCH3 is 2. The van der Waals surface area contributed by atoms with Crippen LogP contribution in [0.1, 0.15) is 44.1 Å². The molecule has 0 aromatic carbocycles. The van der Waals surface area contributed by atoms with Crippen LogP contribution in [0.4, 0.5) is 0 Å². The molecule has 0 fully saturated rings. The number of ether oxygens (including phenoxy) is 2. The third-order valence-corrected chi connectivity index (χ3v) is 7.47. The number of amides is 1. The average Bonchev–Trinajstić information content (AvgIpc) is 3.11. The standard InChI is InChI=1S/C23H35N3O4S/c1-23(2,3)16-6-7-17-18(14-16)31-21-20(17)22(28)26(15-24-21)9-8-19(27)25(10-12-29-4)11-13-30-5/h15-16H,6-14H2,1-5H3. The number of nitrogens with zero attached hydrogens (tertiary/aromatic N) is 3. The monoisotopic (exact) mass is 449 g/mol. The zero-order valence-electron chi connectivity index (χ0n) is 19.4. The molecule has 0 aliphatic heterocycles. The summed E-state index contributed by atoms with van der Waals surface area (Å²) in [5.74, 6) is 0.611. The van der Waals surface area contributed by atoms with Gasteiger partial charge in [0, 0.05) is 45.2 Å². The van der Waals surface area contributed by atoms with Crippen LogP contribution in [0.3, 0.4) is 0 Å². The molecule has 0 spiro atoms. The van der Waals surface area contributed by atoms with Gasteiger partial charge in [-0.15, -0.1) is 11.3 Å². The van der Waals surface area contributed by atoms with Crippen molar-refractivity contribution in [2.45, 2.75) is 53.0 Å². The Labute approximate surface area is 188 Å². The Balaban J connectivity index is 1.76. The second-order valence-corrected chi connectivity index (χ2v) is 10.4. The van der Waals surface area contributed by atoms with Gasteiger partial charge in [0.15, 0.2) is 0 Å². The van der Waals surface area contributed by atoms with Crippen molar-refractivity contribution in [3.8, 4) is 0 Å². The molecule has 2 aromatic rings. The predicted octanol–water partition coefficient (Wildman–Crippen LogP) is 3.12. The predicted molar refractivity (Wildman–Crippen MR) is 124 cm³/mol. The lowest BCUT2D eigenvalue weighted by molar-refractivity contribution is -0.132. The van der Waals surface area contributed by atoms with E-state index in [9.17, 15) is 9.59 Å². The van der Waals surface area contributed by atoms with Crippen LogP contribution in [-0.4, -0.2) is 60.9 Å². The third kappa shape index (κ3) is 5.54. The Morgan fingerprint density at radius 3 is 2.55 bits per heavy atom. The number of rotatable bonds is 9.